The molecule has 1 fully saturated rings. The van der Waals surface area contributed by atoms with E-state index in [-0.39, 0.29) is 24.2 Å². The number of amides is 1. The molecule has 8 nitrogen and oxygen atoms in total. The molecule has 5 rings (SSSR count). The van der Waals surface area contributed by atoms with Crippen molar-refractivity contribution in [1.82, 2.24) is 9.63 Å². The van der Waals surface area contributed by atoms with E-state index in [0.717, 1.165) is 58.8 Å². The van der Waals surface area contributed by atoms with Crippen LogP contribution in [0, 0.1) is 0 Å². The van der Waals surface area contributed by atoms with Crippen molar-refractivity contribution < 1.29 is 23.8 Å². The number of benzene rings is 2. The number of hydrogen-bond acceptors (Lipinski definition) is 7. The SMILES string of the molecule is COCc1cccc(NC(=O)c2cc3sccc3n2C)c1COc1ccc(OC2CCN(OC(C)(C)C)CC2)cc1. The van der Waals surface area contributed by atoms with Gasteiger partial charge in [0.1, 0.15) is 29.9 Å². The minimum atomic E-state index is -0.182. The molecular weight excluding hydrogens is 538 g/mol. The monoisotopic (exact) mass is 577 g/mol. The lowest BCUT2D eigenvalue weighted by Crippen LogP contribution is -2.42. The van der Waals surface area contributed by atoms with E-state index < -0.39 is 0 Å². The van der Waals surface area contributed by atoms with Gasteiger partial charge >= 0.3 is 0 Å². The molecule has 0 atom stereocenters. The van der Waals surface area contributed by atoms with Gasteiger partial charge in [0, 0.05) is 38.5 Å². The van der Waals surface area contributed by atoms with Crippen LogP contribution >= 0.6 is 11.3 Å². The van der Waals surface area contributed by atoms with Crippen molar-refractivity contribution in [1.29, 1.82) is 0 Å². The summed E-state index contributed by atoms with van der Waals surface area (Å²) in [4.78, 5) is 19.2. The highest BCUT2D eigenvalue weighted by Gasteiger charge is 2.25. The molecule has 0 bridgehead atoms. The zero-order chi connectivity index (χ0) is 29.0. The molecule has 0 spiro atoms. The normalized spacial score (nSPS) is 14.9. The Labute approximate surface area is 245 Å². The maximum Gasteiger partial charge on any atom is 0.272 e. The predicted octanol–water partition coefficient (Wildman–Crippen LogP) is 6.79. The summed E-state index contributed by atoms with van der Waals surface area (Å²) in [5.41, 5.74) is 4.01. The molecule has 0 aliphatic carbocycles. The summed E-state index contributed by atoms with van der Waals surface area (Å²) in [5.74, 6) is 1.38. The van der Waals surface area contributed by atoms with Gasteiger partial charge < -0.3 is 24.1 Å². The number of aryl methyl sites for hydroxylation is 1. The van der Waals surface area contributed by atoms with E-state index in [0.29, 0.717) is 18.0 Å². The summed E-state index contributed by atoms with van der Waals surface area (Å²) >= 11 is 1.62. The molecule has 1 aliphatic heterocycles. The summed E-state index contributed by atoms with van der Waals surface area (Å²) in [7, 11) is 3.57. The van der Waals surface area contributed by atoms with Gasteiger partial charge in [-0.1, -0.05) is 12.1 Å². The molecule has 41 heavy (non-hydrogen) atoms. The molecule has 2 aromatic carbocycles. The lowest BCUT2D eigenvalue weighted by molar-refractivity contribution is -0.240. The number of hydrogen-bond donors (Lipinski definition) is 1. The first kappa shape index (κ1) is 29.1. The number of carbonyl (C=O) groups is 1. The van der Waals surface area contributed by atoms with Crippen molar-refractivity contribution in [3.63, 3.8) is 0 Å². The van der Waals surface area contributed by atoms with Gasteiger partial charge in [-0.3, -0.25) is 9.63 Å². The van der Waals surface area contributed by atoms with Crippen LogP contribution in [0.2, 0.25) is 0 Å². The number of ether oxygens (including phenoxy) is 3. The highest BCUT2D eigenvalue weighted by atomic mass is 32.1. The average molecular weight is 578 g/mol. The van der Waals surface area contributed by atoms with Crippen LogP contribution in [0.3, 0.4) is 0 Å². The van der Waals surface area contributed by atoms with Crippen molar-refractivity contribution in [2.24, 2.45) is 7.05 Å². The number of carbonyl (C=O) groups excluding carboxylic acids is 1. The minimum absolute atomic E-state index is 0.161. The lowest BCUT2D eigenvalue weighted by atomic mass is 10.1. The van der Waals surface area contributed by atoms with Crippen molar-refractivity contribution in [3.8, 4) is 11.5 Å². The minimum Gasteiger partial charge on any atom is -0.490 e. The lowest BCUT2D eigenvalue weighted by Gasteiger charge is -2.35. The van der Waals surface area contributed by atoms with Crippen LogP contribution in [0.1, 0.15) is 55.2 Å². The molecular formula is C32H39N3O5S. The van der Waals surface area contributed by atoms with Gasteiger partial charge in [-0.2, -0.15) is 5.06 Å². The molecule has 1 saturated heterocycles. The Morgan fingerprint density at radius 1 is 1.02 bits per heavy atom. The second-order valence-electron chi connectivity index (χ2n) is 11.3. The molecule has 218 valence electrons. The van der Waals surface area contributed by atoms with Gasteiger partial charge in [-0.05, 0) is 87.0 Å². The maximum absolute atomic E-state index is 13.3. The van der Waals surface area contributed by atoms with Crippen LogP contribution in [-0.2, 0) is 29.8 Å². The second-order valence-corrected chi connectivity index (χ2v) is 12.2. The van der Waals surface area contributed by atoms with E-state index in [2.05, 4.69) is 26.1 Å². The fraction of sp³-hybridized carbons (Fsp3) is 0.406. The third-order valence-corrected chi connectivity index (χ3v) is 7.88. The smallest absolute Gasteiger partial charge is 0.272 e. The van der Waals surface area contributed by atoms with Crippen LogP contribution in [-0.4, -0.2) is 47.4 Å². The zero-order valence-corrected chi connectivity index (χ0v) is 25.3. The van der Waals surface area contributed by atoms with Crippen LogP contribution in [0.4, 0.5) is 5.69 Å². The Morgan fingerprint density at radius 2 is 1.76 bits per heavy atom. The van der Waals surface area contributed by atoms with Gasteiger partial charge in [0.25, 0.3) is 5.91 Å². The van der Waals surface area contributed by atoms with Crippen molar-refractivity contribution in [2.45, 2.75) is 58.5 Å². The van der Waals surface area contributed by atoms with E-state index in [9.17, 15) is 4.79 Å². The Balaban J connectivity index is 1.21. The maximum atomic E-state index is 13.3. The number of aromatic nitrogens is 1. The Morgan fingerprint density at radius 3 is 2.44 bits per heavy atom. The van der Waals surface area contributed by atoms with Crippen LogP contribution in [0.15, 0.2) is 60.0 Å². The van der Waals surface area contributed by atoms with Gasteiger partial charge in [-0.15, -0.1) is 11.3 Å². The van der Waals surface area contributed by atoms with Gasteiger partial charge in [0.2, 0.25) is 0 Å². The second kappa shape index (κ2) is 12.7. The summed E-state index contributed by atoms with van der Waals surface area (Å²) in [6.07, 6.45) is 1.99. The van der Waals surface area contributed by atoms with E-state index in [4.69, 9.17) is 19.0 Å². The first-order chi connectivity index (χ1) is 19.7. The third-order valence-electron chi connectivity index (χ3n) is 7.03. The zero-order valence-electron chi connectivity index (χ0n) is 24.4. The highest BCUT2D eigenvalue weighted by molar-refractivity contribution is 7.17. The van der Waals surface area contributed by atoms with Crippen molar-refractivity contribution in [3.05, 3.63) is 76.8 Å². The Kier molecular flexibility index (Phi) is 8.99. The first-order valence-corrected chi connectivity index (χ1v) is 14.9. The van der Waals surface area contributed by atoms with Gasteiger partial charge in [-0.25, -0.2) is 0 Å². The molecule has 0 unspecified atom stereocenters. The fourth-order valence-corrected chi connectivity index (χ4v) is 5.91. The molecule has 9 heteroatoms. The molecule has 4 aromatic rings. The van der Waals surface area contributed by atoms with E-state index in [1.54, 1.807) is 18.4 Å². The topological polar surface area (TPSA) is 74.2 Å². The molecule has 1 amide bonds. The third kappa shape index (κ3) is 7.29. The molecule has 1 aliphatic rings. The predicted molar refractivity (Wildman–Crippen MR) is 163 cm³/mol. The van der Waals surface area contributed by atoms with Crippen molar-refractivity contribution in [2.75, 3.05) is 25.5 Å². The molecule has 3 heterocycles. The molecule has 1 N–H and O–H groups in total. The number of hydroxylamine groups is 2. The molecule has 2 aromatic heterocycles. The number of nitrogens with zero attached hydrogens (tertiary/aromatic N) is 2. The number of thiophene rings is 1. The largest absolute Gasteiger partial charge is 0.490 e. The average Bonchev–Trinajstić information content (AvgIpc) is 3.52. The fourth-order valence-electron chi connectivity index (χ4n) is 5.06. The van der Waals surface area contributed by atoms with Crippen LogP contribution in [0.25, 0.3) is 10.2 Å². The number of rotatable bonds is 10. The quantitative estimate of drug-likeness (QED) is 0.224. The van der Waals surface area contributed by atoms with Gasteiger partial charge in [0.05, 0.1) is 22.4 Å². The Bertz CT molecular complexity index is 1460. The summed E-state index contributed by atoms with van der Waals surface area (Å²) in [6.45, 7) is 8.60. The van der Waals surface area contributed by atoms with Crippen molar-refractivity contribution >= 4 is 33.1 Å². The first-order valence-electron chi connectivity index (χ1n) is 14.0. The summed E-state index contributed by atoms with van der Waals surface area (Å²) < 4.78 is 20.9. The molecule has 0 saturated carbocycles. The van der Waals surface area contributed by atoms with E-state index in [1.807, 2.05) is 76.7 Å². The number of fused-ring (bicyclic) bond motifs is 1. The van der Waals surface area contributed by atoms with E-state index >= 15 is 0 Å². The Hall–Kier alpha value is -3.37. The standard InChI is InChI=1S/C32H39N3O5S/c1-32(2,3)40-35-16-13-25(14-17-35)39-24-11-9-23(10-12-24)38-21-26-22(20-37-5)7-6-8-27(26)33-31(36)29-19-30-28(34(29)4)15-18-41-30/h6-12,15,18-19,25H,13-14,16-17,20-21H2,1-5H3,(H,33,36). The number of piperidine rings is 1. The van der Waals surface area contributed by atoms with Gasteiger partial charge in [0.15, 0.2) is 0 Å². The molecule has 0 radical (unpaired) electrons. The number of nitrogens with one attached hydrogen (secondary N) is 1. The summed E-state index contributed by atoms with van der Waals surface area (Å²) in [5, 5.41) is 7.17. The van der Waals surface area contributed by atoms with E-state index in [1.165, 1.54) is 0 Å². The number of methoxy groups -OCH3 is 1. The highest BCUT2D eigenvalue weighted by Crippen LogP contribution is 2.28. The van der Waals surface area contributed by atoms with Crippen LogP contribution in [0.5, 0.6) is 11.5 Å². The number of anilines is 1. The summed E-state index contributed by atoms with van der Waals surface area (Å²) in [6, 6.07) is 17.5. The van der Waals surface area contributed by atoms with Crippen LogP contribution < -0.4 is 14.8 Å².